The Kier molecular flexibility index (Phi) is 4.13. The molecule has 0 fully saturated rings. The molecule has 0 unspecified atom stereocenters. The summed E-state index contributed by atoms with van der Waals surface area (Å²) in [5.41, 5.74) is 1.52. The summed E-state index contributed by atoms with van der Waals surface area (Å²) in [6, 6.07) is 9.48. The predicted molar refractivity (Wildman–Crippen MR) is 75.6 cm³/mol. The van der Waals surface area contributed by atoms with E-state index in [4.69, 9.17) is 0 Å². The number of para-hydroxylation sites is 1. The number of nitrogens with zero attached hydrogens (tertiary/aromatic N) is 1. The lowest BCUT2D eigenvalue weighted by atomic mass is 10.1. The second kappa shape index (κ2) is 5.82. The van der Waals surface area contributed by atoms with Crippen LogP contribution in [-0.2, 0) is 0 Å². The highest BCUT2D eigenvalue weighted by atomic mass is 19.1. The molecule has 0 heterocycles. The highest BCUT2D eigenvalue weighted by molar-refractivity contribution is 5.77. The van der Waals surface area contributed by atoms with Gasteiger partial charge < -0.3 is 4.90 Å². The zero-order chi connectivity index (χ0) is 14.7. The molecule has 0 saturated heterocycles. The van der Waals surface area contributed by atoms with E-state index in [0.717, 1.165) is 23.4 Å². The van der Waals surface area contributed by atoms with E-state index in [1.807, 2.05) is 38.1 Å². The Morgan fingerprint density at radius 1 is 1.15 bits per heavy atom. The van der Waals surface area contributed by atoms with Crippen LogP contribution in [-0.4, -0.2) is 12.8 Å². The molecule has 2 aromatic rings. The van der Waals surface area contributed by atoms with Gasteiger partial charge in [0.1, 0.15) is 12.0 Å². The van der Waals surface area contributed by atoms with Crippen LogP contribution in [0.4, 0.5) is 20.2 Å². The average molecular weight is 275 g/mol. The highest BCUT2D eigenvalue weighted by Crippen LogP contribution is 2.32. The second-order valence-electron chi connectivity index (χ2n) is 4.48. The van der Waals surface area contributed by atoms with Crippen molar-refractivity contribution in [1.29, 1.82) is 0 Å². The maximum Gasteiger partial charge on any atom is 0.150 e. The van der Waals surface area contributed by atoms with Crippen molar-refractivity contribution in [3.8, 4) is 0 Å². The number of hydrogen-bond acceptors (Lipinski definition) is 2. The zero-order valence-electron chi connectivity index (χ0n) is 11.4. The number of carbonyl (C=O) groups excluding carboxylic acids is 1. The summed E-state index contributed by atoms with van der Waals surface area (Å²) >= 11 is 0. The van der Waals surface area contributed by atoms with Crippen molar-refractivity contribution in [2.75, 3.05) is 11.4 Å². The predicted octanol–water partition coefficient (Wildman–Crippen LogP) is 4.24. The van der Waals surface area contributed by atoms with Crippen LogP contribution in [0, 0.1) is 18.6 Å². The molecule has 0 aliphatic rings. The van der Waals surface area contributed by atoms with Gasteiger partial charge >= 0.3 is 0 Å². The molecule has 0 saturated carbocycles. The van der Waals surface area contributed by atoms with Gasteiger partial charge in [0.2, 0.25) is 0 Å². The van der Waals surface area contributed by atoms with Crippen LogP contribution in [0.25, 0.3) is 0 Å². The van der Waals surface area contributed by atoms with Crippen LogP contribution < -0.4 is 4.90 Å². The van der Waals surface area contributed by atoms with Gasteiger partial charge in [0.25, 0.3) is 0 Å². The minimum absolute atomic E-state index is 0.00964. The van der Waals surface area contributed by atoms with Crippen LogP contribution in [0.1, 0.15) is 22.8 Å². The first-order valence-corrected chi connectivity index (χ1v) is 6.35. The first-order valence-electron chi connectivity index (χ1n) is 6.35. The summed E-state index contributed by atoms with van der Waals surface area (Å²) in [7, 11) is 0. The molecule has 2 nitrogen and oxygen atoms in total. The van der Waals surface area contributed by atoms with Crippen molar-refractivity contribution in [1.82, 2.24) is 0 Å². The molecule has 0 aliphatic carbocycles. The average Bonchev–Trinajstić information content (AvgIpc) is 2.43. The van der Waals surface area contributed by atoms with E-state index >= 15 is 0 Å². The first kappa shape index (κ1) is 14.2. The Morgan fingerprint density at radius 2 is 1.75 bits per heavy atom. The maximum atomic E-state index is 14.1. The molecule has 20 heavy (non-hydrogen) atoms. The molecule has 0 amide bonds. The van der Waals surface area contributed by atoms with Crippen molar-refractivity contribution in [3.05, 3.63) is 59.2 Å². The molecule has 0 aliphatic heterocycles. The largest absolute Gasteiger partial charge is 0.337 e. The highest BCUT2D eigenvalue weighted by Gasteiger charge is 2.19. The summed E-state index contributed by atoms with van der Waals surface area (Å²) < 4.78 is 28.2. The monoisotopic (exact) mass is 275 g/mol. The maximum absolute atomic E-state index is 14.1. The van der Waals surface area contributed by atoms with E-state index in [0.29, 0.717) is 12.8 Å². The van der Waals surface area contributed by atoms with Gasteiger partial charge in [0, 0.05) is 17.8 Å². The second-order valence-corrected chi connectivity index (χ2v) is 4.48. The Balaban J connectivity index is 2.59. The lowest BCUT2D eigenvalue weighted by Gasteiger charge is -2.26. The molecule has 0 atom stereocenters. The molecular weight excluding hydrogens is 260 g/mol. The van der Waals surface area contributed by atoms with E-state index in [9.17, 15) is 13.6 Å². The molecule has 0 spiro atoms. The van der Waals surface area contributed by atoms with Crippen molar-refractivity contribution in [2.24, 2.45) is 0 Å². The fourth-order valence-corrected chi connectivity index (χ4v) is 2.23. The van der Waals surface area contributed by atoms with Crippen molar-refractivity contribution in [2.45, 2.75) is 13.8 Å². The number of aldehydes is 1. The Bertz CT molecular complexity index is 617. The number of hydrogen-bond donors (Lipinski definition) is 0. The first-order chi connectivity index (χ1) is 9.58. The van der Waals surface area contributed by atoms with Crippen LogP contribution in [0.15, 0.2) is 36.4 Å². The van der Waals surface area contributed by atoms with Crippen molar-refractivity contribution in [3.63, 3.8) is 0 Å². The molecule has 0 aromatic heterocycles. The van der Waals surface area contributed by atoms with E-state index in [2.05, 4.69) is 0 Å². The van der Waals surface area contributed by atoms with Crippen LogP contribution >= 0.6 is 0 Å². The van der Waals surface area contributed by atoms with E-state index in [-0.39, 0.29) is 11.3 Å². The molecule has 0 radical (unpaired) electrons. The molecular formula is C16H15F2NO. The molecule has 2 rings (SSSR count). The minimum atomic E-state index is -0.739. The van der Waals surface area contributed by atoms with Gasteiger partial charge in [-0.15, -0.1) is 0 Å². The molecule has 0 bridgehead atoms. The van der Waals surface area contributed by atoms with Crippen LogP contribution in [0.3, 0.4) is 0 Å². The number of carbonyl (C=O) groups is 1. The summed E-state index contributed by atoms with van der Waals surface area (Å²) in [4.78, 5) is 12.2. The quantitative estimate of drug-likeness (QED) is 0.778. The number of aryl methyl sites for hydroxylation is 1. The summed E-state index contributed by atoms with van der Waals surface area (Å²) in [6.07, 6.45) is 0.431. The van der Waals surface area contributed by atoms with Crippen molar-refractivity contribution < 1.29 is 13.6 Å². The lowest BCUT2D eigenvalue weighted by Crippen LogP contribution is -2.20. The number of benzene rings is 2. The smallest absolute Gasteiger partial charge is 0.150 e. The van der Waals surface area contributed by atoms with Gasteiger partial charge in [0.05, 0.1) is 0 Å². The van der Waals surface area contributed by atoms with E-state index in [1.54, 1.807) is 4.90 Å². The minimum Gasteiger partial charge on any atom is -0.337 e. The third-order valence-electron chi connectivity index (χ3n) is 3.17. The third-order valence-corrected chi connectivity index (χ3v) is 3.17. The summed E-state index contributed by atoms with van der Waals surface area (Å²) in [5.74, 6) is -1.48. The topological polar surface area (TPSA) is 20.3 Å². The summed E-state index contributed by atoms with van der Waals surface area (Å²) in [6.45, 7) is 4.12. The number of halogens is 2. The number of anilines is 2. The van der Waals surface area contributed by atoms with E-state index in [1.165, 1.54) is 0 Å². The SMILES string of the molecule is CCN(c1ccccc1C)c1c(F)cc(C=O)cc1F. The van der Waals surface area contributed by atoms with Gasteiger partial charge in [-0.1, -0.05) is 18.2 Å². The Hall–Kier alpha value is -2.23. The van der Waals surface area contributed by atoms with E-state index < -0.39 is 11.6 Å². The zero-order valence-corrected chi connectivity index (χ0v) is 11.4. The van der Waals surface area contributed by atoms with Gasteiger partial charge in [-0.05, 0) is 37.6 Å². The molecule has 2 aromatic carbocycles. The van der Waals surface area contributed by atoms with Crippen LogP contribution in [0.2, 0.25) is 0 Å². The third kappa shape index (κ3) is 2.54. The Labute approximate surface area is 116 Å². The van der Waals surface area contributed by atoms with Gasteiger partial charge in [0.15, 0.2) is 11.6 Å². The number of rotatable bonds is 4. The van der Waals surface area contributed by atoms with Gasteiger partial charge in [-0.2, -0.15) is 0 Å². The standard InChI is InChI=1S/C16H15F2NO/c1-3-19(15-7-5-4-6-11(15)2)16-13(17)8-12(10-20)9-14(16)18/h4-10H,3H2,1-2H3. The van der Waals surface area contributed by atoms with Gasteiger partial charge in [-0.25, -0.2) is 8.78 Å². The summed E-state index contributed by atoms with van der Waals surface area (Å²) in [5, 5.41) is 0. The molecule has 4 heteroatoms. The van der Waals surface area contributed by atoms with Crippen LogP contribution in [0.5, 0.6) is 0 Å². The molecule has 104 valence electrons. The normalized spacial score (nSPS) is 10.4. The fourth-order valence-electron chi connectivity index (χ4n) is 2.23. The van der Waals surface area contributed by atoms with Crippen molar-refractivity contribution >= 4 is 17.7 Å². The molecule has 0 N–H and O–H groups in total. The Morgan fingerprint density at radius 3 is 2.25 bits per heavy atom. The lowest BCUT2D eigenvalue weighted by molar-refractivity contribution is 0.112. The fraction of sp³-hybridized carbons (Fsp3) is 0.188. The van der Waals surface area contributed by atoms with Gasteiger partial charge in [-0.3, -0.25) is 4.79 Å².